The second kappa shape index (κ2) is 9.14. The minimum atomic E-state index is -0.815. The fourth-order valence-corrected chi connectivity index (χ4v) is 3.38. The maximum Gasteiger partial charge on any atom is 0.319 e. The van der Waals surface area contributed by atoms with Crippen LogP contribution in [0.5, 0.6) is 11.5 Å². The zero-order valence-electron chi connectivity index (χ0n) is 16.4. The summed E-state index contributed by atoms with van der Waals surface area (Å²) in [5.41, 5.74) is 1.95. The molecule has 2 N–H and O–H groups in total. The number of hydrogen-bond donors (Lipinski definition) is 2. The van der Waals surface area contributed by atoms with Crippen molar-refractivity contribution in [2.45, 2.75) is 12.5 Å². The number of nitrogens with one attached hydrogen (secondary N) is 2. The smallest absolute Gasteiger partial charge is 0.319 e. The molecule has 0 aromatic heterocycles. The van der Waals surface area contributed by atoms with E-state index in [2.05, 4.69) is 17.2 Å². The Morgan fingerprint density at radius 3 is 2.52 bits per heavy atom. The van der Waals surface area contributed by atoms with E-state index in [0.29, 0.717) is 23.5 Å². The molecule has 1 saturated heterocycles. The van der Waals surface area contributed by atoms with Gasteiger partial charge in [-0.15, -0.1) is 0 Å². The summed E-state index contributed by atoms with van der Waals surface area (Å²) in [6.45, 7) is 4.09. The number of carbonyl (C=O) groups is 2. The van der Waals surface area contributed by atoms with Crippen LogP contribution >= 0.6 is 0 Å². The fourth-order valence-electron chi connectivity index (χ4n) is 3.38. The molecular formula is C22H24N2O5. The molecule has 2 aromatic carbocycles. The van der Waals surface area contributed by atoms with Crippen LogP contribution in [0.1, 0.15) is 17.2 Å². The number of esters is 1. The number of hydrogen-bond acceptors (Lipinski definition) is 5. The number of methoxy groups -OCH3 is 2. The number of benzene rings is 2. The van der Waals surface area contributed by atoms with E-state index in [-0.39, 0.29) is 12.3 Å². The summed E-state index contributed by atoms with van der Waals surface area (Å²) >= 11 is 0. The molecule has 2 atom stereocenters. The third kappa shape index (κ3) is 4.51. The van der Waals surface area contributed by atoms with Crippen molar-refractivity contribution in [3.63, 3.8) is 0 Å². The lowest BCUT2D eigenvalue weighted by molar-refractivity contribution is -0.148. The van der Waals surface area contributed by atoms with Gasteiger partial charge >= 0.3 is 12.0 Å². The maximum absolute atomic E-state index is 12.9. The van der Waals surface area contributed by atoms with Crippen LogP contribution in [-0.4, -0.2) is 32.8 Å². The van der Waals surface area contributed by atoms with Crippen LogP contribution in [0.4, 0.5) is 4.79 Å². The molecule has 1 aliphatic rings. The number of urea groups is 1. The lowest BCUT2D eigenvalue weighted by Crippen LogP contribution is -2.51. The molecule has 3 rings (SSSR count). The van der Waals surface area contributed by atoms with Crippen LogP contribution in [-0.2, 0) is 16.0 Å². The molecule has 2 unspecified atom stereocenters. The van der Waals surface area contributed by atoms with Crippen LogP contribution in [0.25, 0.3) is 0 Å². The monoisotopic (exact) mass is 396 g/mol. The first kappa shape index (κ1) is 20.3. The summed E-state index contributed by atoms with van der Waals surface area (Å²) in [7, 11) is 3.03. The highest BCUT2D eigenvalue weighted by atomic mass is 16.5. The molecule has 0 bridgehead atoms. The number of rotatable bonds is 7. The molecule has 29 heavy (non-hydrogen) atoms. The molecule has 2 amide bonds. The van der Waals surface area contributed by atoms with Crippen molar-refractivity contribution in [1.82, 2.24) is 10.6 Å². The molecule has 1 heterocycles. The second-order valence-corrected chi connectivity index (χ2v) is 6.56. The molecule has 152 valence electrons. The highest BCUT2D eigenvalue weighted by molar-refractivity contribution is 5.85. The van der Waals surface area contributed by atoms with Crippen LogP contribution < -0.4 is 20.1 Å². The van der Waals surface area contributed by atoms with Gasteiger partial charge in [-0.2, -0.15) is 0 Å². The fraction of sp³-hybridized carbons (Fsp3) is 0.273. The number of ether oxygens (including phenoxy) is 3. The summed E-state index contributed by atoms with van der Waals surface area (Å²) in [6.07, 6.45) is 0.596. The first-order valence-corrected chi connectivity index (χ1v) is 9.23. The van der Waals surface area contributed by atoms with E-state index in [1.165, 1.54) is 14.2 Å². The standard InChI is InChI=1S/C22H24N2O5/c1-14-18(21(25)29-13-12-15-8-5-4-6-9-15)19(24-22(26)23-14)16-10-7-11-17(27-2)20(16)28-3/h4-11,18-19H,1,12-13H2,2-3H3,(H2,23,24,26). The van der Waals surface area contributed by atoms with Gasteiger partial charge in [-0.05, 0) is 11.6 Å². The molecule has 0 aliphatic carbocycles. The van der Waals surface area contributed by atoms with Crippen molar-refractivity contribution in [3.05, 3.63) is 71.9 Å². The van der Waals surface area contributed by atoms with Crippen LogP contribution in [0.2, 0.25) is 0 Å². The summed E-state index contributed by atoms with van der Waals surface area (Å²) in [5.74, 6) is -0.352. The highest BCUT2D eigenvalue weighted by Gasteiger charge is 2.40. The SMILES string of the molecule is C=C1NC(=O)NC(c2cccc(OC)c2OC)C1C(=O)OCCc1ccccc1. The van der Waals surface area contributed by atoms with E-state index in [1.807, 2.05) is 30.3 Å². The predicted molar refractivity (Wildman–Crippen MR) is 108 cm³/mol. The topological polar surface area (TPSA) is 85.9 Å². The van der Waals surface area contributed by atoms with E-state index < -0.39 is 24.0 Å². The Balaban J connectivity index is 1.82. The molecule has 7 heteroatoms. The van der Waals surface area contributed by atoms with Gasteiger partial charge in [0.1, 0.15) is 5.92 Å². The van der Waals surface area contributed by atoms with E-state index in [4.69, 9.17) is 14.2 Å². The number of para-hydroxylation sites is 1. The van der Waals surface area contributed by atoms with E-state index in [9.17, 15) is 9.59 Å². The van der Waals surface area contributed by atoms with Crippen molar-refractivity contribution < 1.29 is 23.8 Å². The lowest BCUT2D eigenvalue weighted by Gasteiger charge is -2.34. The molecule has 1 aliphatic heterocycles. The van der Waals surface area contributed by atoms with Gasteiger partial charge in [-0.3, -0.25) is 4.79 Å². The Morgan fingerprint density at radius 2 is 1.83 bits per heavy atom. The van der Waals surface area contributed by atoms with E-state index >= 15 is 0 Å². The van der Waals surface area contributed by atoms with E-state index in [0.717, 1.165) is 5.56 Å². The first-order chi connectivity index (χ1) is 14.0. The normalized spacial score (nSPS) is 18.4. The predicted octanol–water partition coefficient (Wildman–Crippen LogP) is 2.97. The van der Waals surface area contributed by atoms with Crippen molar-refractivity contribution in [3.8, 4) is 11.5 Å². The van der Waals surface area contributed by atoms with Gasteiger partial charge in [0, 0.05) is 17.7 Å². The van der Waals surface area contributed by atoms with Crippen molar-refractivity contribution in [1.29, 1.82) is 0 Å². The molecular weight excluding hydrogens is 372 g/mol. The Morgan fingerprint density at radius 1 is 1.07 bits per heavy atom. The first-order valence-electron chi connectivity index (χ1n) is 9.23. The van der Waals surface area contributed by atoms with Gasteiger partial charge in [0.05, 0.1) is 26.9 Å². The van der Waals surface area contributed by atoms with Gasteiger partial charge < -0.3 is 24.8 Å². The minimum absolute atomic E-state index is 0.225. The maximum atomic E-state index is 12.9. The second-order valence-electron chi connectivity index (χ2n) is 6.56. The summed E-state index contributed by atoms with van der Waals surface area (Å²) in [6, 6.07) is 13.9. The van der Waals surface area contributed by atoms with Crippen molar-refractivity contribution in [2.24, 2.45) is 5.92 Å². The zero-order chi connectivity index (χ0) is 20.8. The average Bonchev–Trinajstić information content (AvgIpc) is 2.73. The third-order valence-corrected chi connectivity index (χ3v) is 4.77. The molecule has 1 fully saturated rings. The summed E-state index contributed by atoms with van der Waals surface area (Å²) in [4.78, 5) is 25.0. The van der Waals surface area contributed by atoms with Crippen LogP contribution in [0.15, 0.2) is 60.8 Å². The highest BCUT2D eigenvalue weighted by Crippen LogP contribution is 2.40. The number of amides is 2. The summed E-state index contributed by atoms with van der Waals surface area (Å²) in [5, 5.41) is 5.35. The van der Waals surface area contributed by atoms with Gasteiger partial charge in [-0.1, -0.05) is 49.0 Å². The van der Waals surface area contributed by atoms with Gasteiger partial charge in [0.15, 0.2) is 11.5 Å². The van der Waals surface area contributed by atoms with Gasteiger partial charge in [0.25, 0.3) is 0 Å². The van der Waals surface area contributed by atoms with Gasteiger partial charge in [0.2, 0.25) is 0 Å². The third-order valence-electron chi connectivity index (χ3n) is 4.77. The van der Waals surface area contributed by atoms with Crippen LogP contribution in [0.3, 0.4) is 0 Å². The Kier molecular flexibility index (Phi) is 6.39. The quantitative estimate of drug-likeness (QED) is 0.703. The zero-order valence-corrected chi connectivity index (χ0v) is 16.4. The average molecular weight is 396 g/mol. The van der Waals surface area contributed by atoms with Crippen molar-refractivity contribution >= 4 is 12.0 Å². The molecule has 2 aromatic rings. The van der Waals surface area contributed by atoms with E-state index in [1.54, 1.807) is 18.2 Å². The molecule has 0 spiro atoms. The Bertz CT molecular complexity index is 897. The van der Waals surface area contributed by atoms with Crippen LogP contribution in [0, 0.1) is 5.92 Å². The van der Waals surface area contributed by atoms with Gasteiger partial charge in [-0.25, -0.2) is 4.79 Å². The molecule has 7 nitrogen and oxygen atoms in total. The lowest BCUT2D eigenvalue weighted by atomic mass is 9.88. The molecule has 0 radical (unpaired) electrons. The minimum Gasteiger partial charge on any atom is -0.493 e. The van der Waals surface area contributed by atoms with Crippen molar-refractivity contribution in [2.75, 3.05) is 20.8 Å². The summed E-state index contributed by atoms with van der Waals surface area (Å²) < 4.78 is 16.3. The molecule has 0 saturated carbocycles. The Hall–Kier alpha value is -3.48. The number of carbonyl (C=O) groups excluding carboxylic acids is 2. The Labute approximate surface area is 169 Å². The largest absolute Gasteiger partial charge is 0.493 e.